The lowest BCUT2D eigenvalue weighted by Gasteiger charge is -2.33. The molecule has 2 unspecified atom stereocenters. The SMILES string of the molecule is OC(CN1CC(Cc2cccc(OC(F)(F)F)c2)(c2cccc(OC(F)(F)F)c2)c2cccc(F)c21)C(F)(F)F. The Hall–Kier alpha value is -3.68. The lowest BCUT2D eigenvalue weighted by molar-refractivity contribution is -0.275. The first-order valence-corrected chi connectivity index (χ1v) is 11.5. The molecule has 2 atom stereocenters. The summed E-state index contributed by atoms with van der Waals surface area (Å²) in [6.07, 6.45) is -18.4. The number of fused-ring (bicyclic) bond motifs is 1. The van der Waals surface area contributed by atoms with Crippen LogP contribution in [0.1, 0.15) is 16.7 Å². The van der Waals surface area contributed by atoms with E-state index < -0.39 is 60.8 Å². The number of hydrogen-bond acceptors (Lipinski definition) is 4. The third-order valence-electron chi connectivity index (χ3n) is 6.31. The van der Waals surface area contributed by atoms with Gasteiger partial charge in [-0.1, -0.05) is 36.4 Å². The van der Waals surface area contributed by atoms with E-state index in [1.807, 2.05) is 0 Å². The molecule has 0 saturated carbocycles. The van der Waals surface area contributed by atoms with Crippen LogP contribution in [0.5, 0.6) is 11.5 Å². The predicted octanol–water partition coefficient (Wildman–Crippen LogP) is 6.89. The Bertz CT molecular complexity index is 1360. The number of anilines is 1. The number of β-amino-alcohol motifs (C(OH)–C–C–N with tert-alkyl or cyclic N) is 1. The number of nitrogens with zero attached hydrogens (tertiary/aromatic N) is 1. The Kier molecular flexibility index (Phi) is 7.60. The molecular weight excluding hydrogens is 564 g/mol. The summed E-state index contributed by atoms with van der Waals surface area (Å²) in [4.78, 5) is 0.913. The van der Waals surface area contributed by atoms with Gasteiger partial charge in [0.15, 0.2) is 6.10 Å². The molecule has 0 bridgehead atoms. The average Bonchev–Trinajstić information content (AvgIpc) is 3.12. The van der Waals surface area contributed by atoms with Crippen molar-refractivity contribution in [3.8, 4) is 11.5 Å². The van der Waals surface area contributed by atoms with E-state index in [2.05, 4.69) is 9.47 Å². The third-order valence-corrected chi connectivity index (χ3v) is 6.31. The van der Waals surface area contributed by atoms with Crippen molar-refractivity contribution >= 4 is 5.69 Å². The number of aliphatic hydroxyl groups excluding tert-OH is 1. The van der Waals surface area contributed by atoms with E-state index in [0.717, 1.165) is 35.2 Å². The molecule has 3 aromatic rings. The van der Waals surface area contributed by atoms with Gasteiger partial charge in [-0.2, -0.15) is 13.2 Å². The number of aliphatic hydroxyl groups is 1. The normalized spacial score (nSPS) is 18.4. The van der Waals surface area contributed by atoms with Gasteiger partial charge in [-0.15, -0.1) is 26.3 Å². The number of para-hydroxylation sites is 1. The first-order valence-electron chi connectivity index (χ1n) is 11.5. The van der Waals surface area contributed by atoms with E-state index in [4.69, 9.17) is 0 Å². The van der Waals surface area contributed by atoms with Crippen molar-refractivity contribution < 1.29 is 58.5 Å². The molecule has 0 fully saturated rings. The molecule has 4 nitrogen and oxygen atoms in total. The number of alkyl halides is 9. The standard InChI is InChI=1S/C26H19F10NO3/c27-20-9-3-8-19-22(20)37(13-21(38)24(28,29)30)14-23(19,16-5-2-7-18(11-16)40-26(34,35)36)12-15-4-1-6-17(10-15)39-25(31,32)33/h1-11,21,38H,12-14H2. The molecule has 0 amide bonds. The fourth-order valence-corrected chi connectivity index (χ4v) is 4.87. The second kappa shape index (κ2) is 10.4. The summed E-state index contributed by atoms with van der Waals surface area (Å²) in [5.41, 5.74) is -1.68. The number of rotatable bonds is 7. The van der Waals surface area contributed by atoms with Crippen LogP contribution in [0.4, 0.5) is 49.6 Å². The minimum atomic E-state index is -5.09. The molecule has 0 spiro atoms. The number of hydrogen-bond donors (Lipinski definition) is 1. The van der Waals surface area contributed by atoms with Crippen molar-refractivity contribution in [3.63, 3.8) is 0 Å². The maximum Gasteiger partial charge on any atom is 0.573 e. The number of ether oxygens (including phenoxy) is 2. The van der Waals surface area contributed by atoms with Gasteiger partial charge in [-0.05, 0) is 53.4 Å². The van der Waals surface area contributed by atoms with Crippen LogP contribution in [0.3, 0.4) is 0 Å². The van der Waals surface area contributed by atoms with Crippen molar-refractivity contribution in [2.75, 3.05) is 18.0 Å². The highest BCUT2D eigenvalue weighted by atomic mass is 19.4. The zero-order chi connectivity index (χ0) is 29.5. The summed E-state index contributed by atoms with van der Waals surface area (Å²) in [6, 6.07) is 12.7. The van der Waals surface area contributed by atoms with E-state index in [-0.39, 0.29) is 28.8 Å². The van der Waals surface area contributed by atoms with Gasteiger partial charge < -0.3 is 19.5 Å². The zero-order valence-corrected chi connectivity index (χ0v) is 20.0. The second-order valence-corrected chi connectivity index (χ2v) is 9.10. The van der Waals surface area contributed by atoms with Crippen molar-refractivity contribution in [1.82, 2.24) is 0 Å². The summed E-state index contributed by atoms with van der Waals surface area (Å²) in [5.74, 6) is -2.26. The molecule has 216 valence electrons. The van der Waals surface area contributed by atoms with Crippen LogP contribution in [0.15, 0.2) is 66.7 Å². The predicted molar refractivity (Wildman–Crippen MR) is 121 cm³/mol. The largest absolute Gasteiger partial charge is 0.573 e. The monoisotopic (exact) mass is 583 g/mol. The smallest absolute Gasteiger partial charge is 0.406 e. The minimum absolute atomic E-state index is 0.0484. The molecule has 0 aromatic heterocycles. The molecule has 0 radical (unpaired) electrons. The Labute approximate surface area is 220 Å². The fourth-order valence-electron chi connectivity index (χ4n) is 4.87. The van der Waals surface area contributed by atoms with Crippen LogP contribution in [-0.4, -0.2) is 43.2 Å². The van der Waals surface area contributed by atoms with Crippen LogP contribution in [0.25, 0.3) is 0 Å². The van der Waals surface area contributed by atoms with Crippen molar-refractivity contribution in [3.05, 3.63) is 89.2 Å². The van der Waals surface area contributed by atoms with Gasteiger partial charge in [0.2, 0.25) is 0 Å². The van der Waals surface area contributed by atoms with Crippen LogP contribution in [0.2, 0.25) is 0 Å². The Morgan fingerprint density at radius 2 is 1.38 bits per heavy atom. The van der Waals surface area contributed by atoms with E-state index in [1.165, 1.54) is 36.4 Å². The van der Waals surface area contributed by atoms with Gasteiger partial charge in [0.25, 0.3) is 0 Å². The first kappa shape index (κ1) is 29.3. The van der Waals surface area contributed by atoms with Crippen molar-refractivity contribution in [2.24, 2.45) is 0 Å². The zero-order valence-electron chi connectivity index (χ0n) is 20.0. The van der Waals surface area contributed by atoms with E-state index in [0.29, 0.717) is 0 Å². The quantitative estimate of drug-likeness (QED) is 0.308. The average molecular weight is 583 g/mol. The Morgan fingerprint density at radius 1 is 0.800 bits per heavy atom. The van der Waals surface area contributed by atoms with E-state index in [9.17, 15) is 44.6 Å². The van der Waals surface area contributed by atoms with Crippen LogP contribution >= 0.6 is 0 Å². The molecule has 14 heteroatoms. The molecule has 1 aliphatic rings. The lowest BCUT2D eigenvalue weighted by Crippen LogP contribution is -2.44. The highest BCUT2D eigenvalue weighted by molar-refractivity contribution is 5.68. The fraction of sp³-hybridized carbons (Fsp3) is 0.308. The van der Waals surface area contributed by atoms with Gasteiger partial charge in [0.05, 0.1) is 12.2 Å². The number of halogens is 10. The highest BCUT2D eigenvalue weighted by Gasteiger charge is 2.49. The van der Waals surface area contributed by atoms with Gasteiger partial charge in [-0.25, -0.2) is 4.39 Å². The molecule has 1 N–H and O–H groups in total. The summed E-state index contributed by atoms with van der Waals surface area (Å²) < 4.78 is 140. The maximum absolute atomic E-state index is 15.1. The molecule has 40 heavy (non-hydrogen) atoms. The summed E-state index contributed by atoms with van der Waals surface area (Å²) >= 11 is 0. The summed E-state index contributed by atoms with van der Waals surface area (Å²) in [5, 5.41) is 9.75. The van der Waals surface area contributed by atoms with Gasteiger partial charge in [0.1, 0.15) is 17.3 Å². The summed E-state index contributed by atoms with van der Waals surface area (Å²) in [7, 11) is 0. The van der Waals surface area contributed by atoms with Crippen LogP contribution < -0.4 is 14.4 Å². The topological polar surface area (TPSA) is 41.9 Å². The van der Waals surface area contributed by atoms with Crippen molar-refractivity contribution in [2.45, 2.75) is 36.8 Å². The Balaban J connectivity index is 1.88. The summed E-state index contributed by atoms with van der Waals surface area (Å²) in [6.45, 7) is -1.59. The van der Waals surface area contributed by atoms with Gasteiger partial charge in [0, 0.05) is 12.0 Å². The van der Waals surface area contributed by atoms with Crippen LogP contribution in [0, 0.1) is 5.82 Å². The molecule has 0 saturated heterocycles. The molecule has 1 aliphatic heterocycles. The first-order chi connectivity index (χ1) is 18.5. The second-order valence-electron chi connectivity index (χ2n) is 9.10. The Morgan fingerprint density at radius 3 is 1.98 bits per heavy atom. The molecular formula is C26H19F10NO3. The van der Waals surface area contributed by atoms with Crippen LogP contribution in [-0.2, 0) is 11.8 Å². The lowest BCUT2D eigenvalue weighted by atomic mass is 9.71. The molecule has 4 rings (SSSR count). The molecule has 1 heterocycles. The minimum Gasteiger partial charge on any atom is -0.406 e. The van der Waals surface area contributed by atoms with Crippen molar-refractivity contribution in [1.29, 1.82) is 0 Å². The van der Waals surface area contributed by atoms with Gasteiger partial charge >= 0.3 is 18.9 Å². The maximum atomic E-state index is 15.1. The highest BCUT2D eigenvalue weighted by Crippen LogP contribution is 2.49. The molecule has 3 aromatic carbocycles. The van der Waals surface area contributed by atoms with E-state index >= 15 is 4.39 Å². The molecule has 0 aliphatic carbocycles. The van der Waals surface area contributed by atoms with E-state index in [1.54, 1.807) is 0 Å². The number of benzene rings is 3. The third kappa shape index (κ3) is 6.54. The van der Waals surface area contributed by atoms with Gasteiger partial charge in [-0.3, -0.25) is 0 Å².